The molecule has 0 aromatic heterocycles. The van der Waals surface area contributed by atoms with Gasteiger partial charge < -0.3 is 15.4 Å². The molecule has 0 heterocycles. The number of rotatable bonds is 6. The van der Waals surface area contributed by atoms with Gasteiger partial charge in [0.25, 0.3) is 0 Å². The van der Waals surface area contributed by atoms with E-state index in [1.165, 1.54) is 11.1 Å². The van der Waals surface area contributed by atoms with Crippen molar-refractivity contribution in [3.8, 4) is 0 Å². The van der Waals surface area contributed by atoms with Crippen LogP contribution in [0.2, 0.25) is 0 Å². The number of aryl methyl sites for hydroxylation is 2. The summed E-state index contributed by atoms with van der Waals surface area (Å²) in [5.41, 5.74) is 4.65. The number of anilines is 2. The molecule has 25 heavy (non-hydrogen) atoms. The monoisotopic (exact) mass is 356 g/mol. The zero-order valence-electron chi connectivity index (χ0n) is 14.9. The highest BCUT2D eigenvalue weighted by Crippen LogP contribution is 2.15. The number of nitrogens with one attached hydrogen (secondary N) is 2. The van der Waals surface area contributed by atoms with E-state index in [-0.39, 0.29) is 5.97 Å². The lowest BCUT2D eigenvalue weighted by Gasteiger charge is -2.12. The zero-order valence-corrected chi connectivity index (χ0v) is 15.7. The number of benzene rings is 2. The Morgan fingerprint density at radius 1 is 1.00 bits per heavy atom. The molecule has 0 aliphatic heterocycles. The van der Waals surface area contributed by atoms with E-state index < -0.39 is 0 Å². The minimum absolute atomic E-state index is 0.295. The minimum atomic E-state index is -0.295. The van der Waals surface area contributed by atoms with Crippen molar-refractivity contribution in [2.75, 3.05) is 17.2 Å². The van der Waals surface area contributed by atoms with Crippen LogP contribution in [0.1, 0.15) is 41.3 Å². The molecule has 0 saturated heterocycles. The van der Waals surface area contributed by atoms with Gasteiger partial charge in [-0.05, 0) is 80.0 Å². The molecule has 0 radical (unpaired) electrons. The van der Waals surface area contributed by atoms with Gasteiger partial charge in [0.2, 0.25) is 0 Å². The second-order valence-corrected chi connectivity index (χ2v) is 6.43. The van der Waals surface area contributed by atoms with E-state index in [2.05, 4.69) is 23.6 Å². The van der Waals surface area contributed by atoms with E-state index in [1.54, 1.807) is 12.1 Å². The number of ether oxygens (including phenoxy) is 1. The van der Waals surface area contributed by atoms with Crippen molar-refractivity contribution >= 4 is 34.7 Å². The molecule has 0 spiro atoms. The summed E-state index contributed by atoms with van der Waals surface area (Å²) >= 11 is 5.35. The highest BCUT2D eigenvalue weighted by atomic mass is 32.1. The Hall–Kier alpha value is -2.40. The van der Waals surface area contributed by atoms with Crippen LogP contribution < -0.4 is 10.6 Å². The van der Waals surface area contributed by atoms with Crippen LogP contribution in [0.3, 0.4) is 0 Å². The molecule has 2 rings (SSSR count). The molecule has 2 N–H and O–H groups in total. The Bertz CT molecular complexity index is 722. The third kappa shape index (κ3) is 6.19. The number of hydrogen-bond donors (Lipinski definition) is 2. The maximum atomic E-state index is 11.9. The van der Waals surface area contributed by atoms with Crippen molar-refractivity contribution in [3.05, 3.63) is 59.2 Å². The molecule has 2 aromatic rings. The quantitative estimate of drug-likeness (QED) is 0.430. The fourth-order valence-electron chi connectivity index (χ4n) is 2.42. The van der Waals surface area contributed by atoms with Crippen molar-refractivity contribution in [3.63, 3.8) is 0 Å². The molecule has 0 atom stereocenters. The van der Waals surface area contributed by atoms with Crippen LogP contribution in [0.15, 0.2) is 42.5 Å². The van der Waals surface area contributed by atoms with E-state index in [0.717, 1.165) is 24.2 Å². The summed E-state index contributed by atoms with van der Waals surface area (Å²) in [6, 6.07) is 13.3. The first-order chi connectivity index (χ1) is 12.0. The van der Waals surface area contributed by atoms with Gasteiger partial charge in [0.05, 0.1) is 12.2 Å². The molecule has 0 fully saturated rings. The van der Waals surface area contributed by atoms with E-state index in [1.807, 2.05) is 38.1 Å². The summed E-state index contributed by atoms with van der Waals surface area (Å²) in [4.78, 5) is 11.9. The highest BCUT2D eigenvalue weighted by Gasteiger charge is 2.07. The van der Waals surface area contributed by atoms with Crippen LogP contribution >= 0.6 is 12.2 Å². The lowest BCUT2D eigenvalue weighted by molar-refractivity contribution is 0.0500. The number of carbonyl (C=O) groups excluding carboxylic acids is 1. The maximum absolute atomic E-state index is 11.9. The van der Waals surface area contributed by atoms with Gasteiger partial charge in [0.1, 0.15) is 0 Å². The topological polar surface area (TPSA) is 50.4 Å². The number of esters is 1. The summed E-state index contributed by atoms with van der Waals surface area (Å²) < 4.78 is 5.19. The molecule has 4 nitrogen and oxygen atoms in total. The Kier molecular flexibility index (Phi) is 6.95. The molecule has 0 unspecified atom stereocenters. The fraction of sp³-hybridized carbons (Fsp3) is 0.300. The number of thiocarbonyl (C=S) groups is 1. The Morgan fingerprint density at radius 3 is 2.20 bits per heavy atom. The maximum Gasteiger partial charge on any atom is 0.338 e. The van der Waals surface area contributed by atoms with Crippen molar-refractivity contribution in [1.82, 2.24) is 0 Å². The summed E-state index contributed by atoms with van der Waals surface area (Å²) in [5.74, 6) is -0.295. The number of carbonyl (C=O) groups is 1. The molecule has 5 heteroatoms. The second kappa shape index (κ2) is 9.18. The largest absolute Gasteiger partial charge is 0.462 e. The fourth-order valence-corrected chi connectivity index (χ4v) is 2.66. The second-order valence-electron chi connectivity index (χ2n) is 6.02. The highest BCUT2D eigenvalue weighted by molar-refractivity contribution is 7.80. The Balaban J connectivity index is 1.91. The summed E-state index contributed by atoms with van der Waals surface area (Å²) in [6.45, 7) is 6.61. The number of unbranched alkanes of at least 4 members (excludes halogenated alkanes) is 1. The predicted molar refractivity (Wildman–Crippen MR) is 107 cm³/mol. The van der Waals surface area contributed by atoms with Crippen molar-refractivity contribution < 1.29 is 9.53 Å². The van der Waals surface area contributed by atoms with Crippen LogP contribution in [0.25, 0.3) is 0 Å². The molecule has 0 amide bonds. The van der Waals surface area contributed by atoms with Crippen LogP contribution in [-0.4, -0.2) is 17.7 Å². The van der Waals surface area contributed by atoms with Gasteiger partial charge in [-0.1, -0.05) is 19.4 Å². The van der Waals surface area contributed by atoms with Crippen molar-refractivity contribution in [2.45, 2.75) is 33.6 Å². The minimum Gasteiger partial charge on any atom is -0.462 e. The first-order valence-electron chi connectivity index (χ1n) is 8.41. The third-order valence-corrected chi connectivity index (χ3v) is 3.79. The third-order valence-electron chi connectivity index (χ3n) is 3.59. The first-order valence-corrected chi connectivity index (χ1v) is 8.82. The average molecular weight is 356 g/mol. The van der Waals surface area contributed by atoms with Crippen molar-refractivity contribution in [2.24, 2.45) is 0 Å². The van der Waals surface area contributed by atoms with Gasteiger partial charge in [0.15, 0.2) is 5.11 Å². The Labute approximate surface area is 154 Å². The lowest BCUT2D eigenvalue weighted by atomic mass is 10.1. The Morgan fingerprint density at radius 2 is 1.60 bits per heavy atom. The smallest absolute Gasteiger partial charge is 0.338 e. The average Bonchev–Trinajstić information content (AvgIpc) is 2.54. The first kappa shape index (κ1) is 18.9. The SMILES string of the molecule is CCCCOC(=O)c1ccc(NC(=S)Nc2cc(C)cc(C)c2)cc1. The zero-order chi connectivity index (χ0) is 18.2. The van der Waals surface area contributed by atoms with Gasteiger partial charge in [-0.15, -0.1) is 0 Å². The molecular formula is C20H24N2O2S. The molecule has 132 valence electrons. The summed E-state index contributed by atoms with van der Waals surface area (Å²) in [7, 11) is 0. The van der Waals surface area contributed by atoms with Gasteiger partial charge in [0, 0.05) is 11.4 Å². The lowest BCUT2D eigenvalue weighted by Crippen LogP contribution is -2.19. The van der Waals surface area contributed by atoms with Gasteiger partial charge in [-0.2, -0.15) is 0 Å². The number of hydrogen-bond acceptors (Lipinski definition) is 3. The molecular weight excluding hydrogens is 332 g/mol. The van der Waals surface area contributed by atoms with E-state index >= 15 is 0 Å². The van der Waals surface area contributed by atoms with Gasteiger partial charge in [-0.3, -0.25) is 0 Å². The standard InChI is InChI=1S/C20H24N2O2S/c1-4-5-10-24-19(23)16-6-8-17(9-7-16)21-20(25)22-18-12-14(2)11-15(3)13-18/h6-9,11-13H,4-5,10H2,1-3H3,(H2,21,22,25). The molecule has 0 bridgehead atoms. The molecule has 0 aliphatic carbocycles. The summed E-state index contributed by atoms with van der Waals surface area (Å²) in [6.07, 6.45) is 1.88. The van der Waals surface area contributed by atoms with E-state index in [0.29, 0.717) is 17.3 Å². The predicted octanol–water partition coefficient (Wildman–Crippen LogP) is 5.07. The van der Waals surface area contributed by atoms with Crippen molar-refractivity contribution in [1.29, 1.82) is 0 Å². The van der Waals surface area contributed by atoms with Crippen LogP contribution in [0, 0.1) is 13.8 Å². The molecule has 2 aromatic carbocycles. The normalized spacial score (nSPS) is 10.2. The van der Waals surface area contributed by atoms with Gasteiger partial charge in [-0.25, -0.2) is 4.79 Å². The molecule has 0 aliphatic rings. The molecule has 0 saturated carbocycles. The summed E-state index contributed by atoms with van der Waals surface area (Å²) in [5, 5.41) is 6.79. The van der Waals surface area contributed by atoms with Crippen LogP contribution in [0.4, 0.5) is 11.4 Å². The van der Waals surface area contributed by atoms with E-state index in [4.69, 9.17) is 17.0 Å². The van der Waals surface area contributed by atoms with E-state index in [9.17, 15) is 4.79 Å². The van der Waals surface area contributed by atoms with Crippen LogP contribution in [0.5, 0.6) is 0 Å². The van der Waals surface area contributed by atoms with Crippen LogP contribution in [-0.2, 0) is 4.74 Å². The van der Waals surface area contributed by atoms with Gasteiger partial charge >= 0.3 is 5.97 Å².